The molecule has 1 aliphatic rings. The zero-order valence-electron chi connectivity index (χ0n) is 12.7. The van der Waals surface area contributed by atoms with Crippen LogP contribution in [0.4, 0.5) is 10.3 Å². The van der Waals surface area contributed by atoms with Gasteiger partial charge in [-0.15, -0.1) is 0 Å². The first-order valence-corrected chi connectivity index (χ1v) is 7.67. The maximum Gasteiger partial charge on any atom is 0.222 e. The first kappa shape index (κ1) is 14.4. The van der Waals surface area contributed by atoms with Crippen molar-refractivity contribution in [2.75, 3.05) is 5.32 Å². The third-order valence-electron chi connectivity index (χ3n) is 4.31. The maximum atomic E-state index is 14.2. The molecule has 4 rings (SSSR count). The molecule has 2 unspecified atom stereocenters. The van der Waals surface area contributed by atoms with Gasteiger partial charge in [-0.1, -0.05) is 30.3 Å². The van der Waals surface area contributed by atoms with Crippen molar-refractivity contribution in [3.05, 3.63) is 77.4 Å². The number of fused-ring (bicyclic) bond motifs is 1. The van der Waals surface area contributed by atoms with Crippen LogP contribution in [-0.4, -0.2) is 14.8 Å². The van der Waals surface area contributed by atoms with Crippen molar-refractivity contribution in [1.82, 2.24) is 14.8 Å². The van der Waals surface area contributed by atoms with E-state index in [0.29, 0.717) is 23.5 Å². The lowest BCUT2D eigenvalue weighted by atomic mass is 9.92. The van der Waals surface area contributed by atoms with Gasteiger partial charge in [0.2, 0.25) is 5.95 Å². The summed E-state index contributed by atoms with van der Waals surface area (Å²) in [6.07, 6.45) is 2.10. The molecule has 0 radical (unpaired) electrons. The van der Waals surface area contributed by atoms with Crippen LogP contribution in [0.5, 0.6) is 0 Å². The first-order chi connectivity index (χ1) is 11.8. The predicted molar refractivity (Wildman–Crippen MR) is 86.7 cm³/mol. The number of halogens is 1. The third kappa shape index (κ3) is 2.40. The summed E-state index contributed by atoms with van der Waals surface area (Å²) in [6, 6.07) is 16.0. The SMILES string of the molecule is N#Cc1cccc(C2CC(c3ccccc3F)Nc3ncnn32)c1. The average Bonchev–Trinajstić information content (AvgIpc) is 3.10. The lowest BCUT2D eigenvalue weighted by Gasteiger charge is -2.32. The number of nitrogens with one attached hydrogen (secondary N) is 1. The second-order valence-corrected chi connectivity index (χ2v) is 5.74. The number of benzene rings is 2. The Morgan fingerprint density at radius 2 is 2.08 bits per heavy atom. The van der Waals surface area contributed by atoms with Gasteiger partial charge >= 0.3 is 0 Å². The first-order valence-electron chi connectivity index (χ1n) is 7.67. The van der Waals surface area contributed by atoms with Gasteiger partial charge in [0.1, 0.15) is 12.1 Å². The van der Waals surface area contributed by atoms with Crippen LogP contribution < -0.4 is 5.32 Å². The van der Waals surface area contributed by atoms with Crippen LogP contribution in [0.25, 0.3) is 0 Å². The van der Waals surface area contributed by atoms with Crippen LogP contribution in [0.2, 0.25) is 0 Å². The minimum Gasteiger partial charge on any atom is -0.347 e. The number of rotatable bonds is 2. The highest BCUT2D eigenvalue weighted by Crippen LogP contribution is 2.38. The molecule has 0 aliphatic carbocycles. The van der Waals surface area contributed by atoms with Gasteiger partial charge in [-0.25, -0.2) is 9.07 Å². The van der Waals surface area contributed by atoms with Gasteiger partial charge < -0.3 is 5.32 Å². The molecule has 2 heterocycles. The van der Waals surface area contributed by atoms with E-state index in [1.165, 1.54) is 12.4 Å². The molecule has 24 heavy (non-hydrogen) atoms. The van der Waals surface area contributed by atoms with Crippen LogP contribution in [0.3, 0.4) is 0 Å². The standard InChI is InChI=1S/C18H14FN5/c19-15-7-2-1-6-14(15)16-9-17(24-18(23-16)21-11-22-24)13-5-3-4-12(8-13)10-20/h1-8,11,16-17H,9H2,(H,21,22,23). The van der Waals surface area contributed by atoms with Crippen molar-refractivity contribution in [3.63, 3.8) is 0 Å². The van der Waals surface area contributed by atoms with E-state index in [0.717, 1.165) is 5.56 Å². The summed E-state index contributed by atoms with van der Waals surface area (Å²) in [5.74, 6) is 0.356. The van der Waals surface area contributed by atoms with E-state index < -0.39 is 0 Å². The largest absolute Gasteiger partial charge is 0.347 e. The van der Waals surface area contributed by atoms with Crippen LogP contribution in [0.15, 0.2) is 54.9 Å². The van der Waals surface area contributed by atoms with Gasteiger partial charge in [0.05, 0.1) is 23.7 Å². The van der Waals surface area contributed by atoms with Crippen molar-refractivity contribution in [1.29, 1.82) is 5.26 Å². The fourth-order valence-corrected chi connectivity index (χ4v) is 3.17. The molecule has 5 nitrogen and oxygen atoms in total. The molecule has 1 aliphatic heterocycles. The fourth-order valence-electron chi connectivity index (χ4n) is 3.17. The number of nitrogens with zero attached hydrogens (tertiary/aromatic N) is 4. The van der Waals surface area contributed by atoms with E-state index in [4.69, 9.17) is 5.26 Å². The molecular formula is C18H14FN5. The Morgan fingerprint density at radius 1 is 1.21 bits per heavy atom. The average molecular weight is 319 g/mol. The molecule has 0 amide bonds. The Hall–Kier alpha value is -3.20. The smallest absolute Gasteiger partial charge is 0.222 e. The van der Waals surface area contributed by atoms with E-state index in [2.05, 4.69) is 21.5 Å². The molecule has 2 aromatic carbocycles. The quantitative estimate of drug-likeness (QED) is 0.786. The minimum absolute atomic E-state index is 0.110. The maximum absolute atomic E-state index is 14.2. The highest BCUT2D eigenvalue weighted by atomic mass is 19.1. The summed E-state index contributed by atoms with van der Waals surface area (Å²) >= 11 is 0. The third-order valence-corrected chi connectivity index (χ3v) is 4.31. The zero-order chi connectivity index (χ0) is 16.5. The molecule has 0 bridgehead atoms. The normalized spacial score (nSPS) is 19.2. The Bertz CT molecular complexity index is 927. The number of hydrogen-bond donors (Lipinski definition) is 1. The van der Waals surface area contributed by atoms with E-state index >= 15 is 0 Å². The Balaban J connectivity index is 1.77. The molecule has 0 saturated heterocycles. The molecule has 2 atom stereocenters. The molecule has 3 aromatic rings. The zero-order valence-corrected chi connectivity index (χ0v) is 12.7. The van der Waals surface area contributed by atoms with Gasteiger partial charge in [-0.2, -0.15) is 15.3 Å². The number of nitriles is 1. The lowest BCUT2D eigenvalue weighted by molar-refractivity contribution is 0.423. The second-order valence-electron chi connectivity index (χ2n) is 5.74. The van der Waals surface area contributed by atoms with E-state index in [1.54, 1.807) is 22.9 Å². The van der Waals surface area contributed by atoms with E-state index in [-0.39, 0.29) is 17.9 Å². The van der Waals surface area contributed by atoms with Gasteiger partial charge in [-0.05, 0) is 30.2 Å². The minimum atomic E-state index is -0.243. The van der Waals surface area contributed by atoms with Crippen LogP contribution in [-0.2, 0) is 0 Å². The molecule has 1 N–H and O–H groups in total. The van der Waals surface area contributed by atoms with Crippen LogP contribution in [0.1, 0.15) is 35.2 Å². The van der Waals surface area contributed by atoms with Gasteiger partial charge in [0, 0.05) is 5.56 Å². The fraction of sp³-hybridized carbons (Fsp3) is 0.167. The highest BCUT2D eigenvalue weighted by molar-refractivity contribution is 5.40. The van der Waals surface area contributed by atoms with Crippen molar-refractivity contribution in [2.24, 2.45) is 0 Å². The summed E-state index contributed by atoms with van der Waals surface area (Å²) in [5.41, 5.74) is 2.16. The number of aromatic nitrogens is 3. The molecule has 0 fully saturated rings. The summed E-state index contributed by atoms with van der Waals surface area (Å²) < 4.78 is 16.0. The molecule has 0 saturated carbocycles. The molecule has 118 valence electrons. The summed E-state index contributed by atoms with van der Waals surface area (Å²) in [4.78, 5) is 4.23. The van der Waals surface area contributed by atoms with Crippen molar-refractivity contribution in [2.45, 2.75) is 18.5 Å². The van der Waals surface area contributed by atoms with Gasteiger partial charge in [0.15, 0.2) is 0 Å². The van der Waals surface area contributed by atoms with Gasteiger partial charge in [0.25, 0.3) is 0 Å². The lowest BCUT2D eigenvalue weighted by Crippen LogP contribution is -2.28. The Morgan fingerprint density at radius 3 is 2.92 bits per heavy atom. The second kappa shape index (κ2) is 5.78. The van der Waals surface area contributed by atoms with Crippen LogP contribution >= 0.6 is 0 Å². The predicted octanol–water partition coefficient (Wildman–Crippen LogP) is 3.44. The molecular weight excluding hydrogens is 305 g/mol. The molecule has 6 heteroatoms. The topological polar surface area (TPSA) is 66.5 Å². The van der Waals surface area contributed by atoms with Crippen molar-refractivity contribution < 1.29 is 4.39 Å². The summed E-state index contributed by atoms with van der Waals surface area (Å²) in [5, 5.41) is 16.7. The van der Waals surface area contributed by atoms with Crippen molar-refractivity contribution >= 4 is 5.95 Å². The van der Waals surface area contributed by atoms with Gasteiger partial charge in [-0.3, -0.25) is 0 Å². The molecule has 1 aromatic heterocycles. The number of anilines is 1. The Labute approximate surface area is 138 Å². The number of hydrogen-bond acceptors (Lipinski definition) is 4. The summed E-state index contributed by atoms with van der Waals surface area (Å²) in [6.45, 7) is 0. The van der Waals surface area contributed by atoms with Crippen LogP contribution in [0, 0.1) is 17.1 Å². The molecule has 0 spiro atoms. The monoisotopic (exact) mass is 319 g/mol. The van der Waals surface area contributed by atoms with E-state index in [9.17, 15) is 4.39 Å². The summed E-state index contributed by atoms with van der Waals surface area (Å²) in [7, 11) is 0. The highest BCUT2D eigenvalue weighted by Gasteiger charge is 2.31. The van der Waals surface area contributed by atoms with E-state index in [1.807, 2.05) is 24.3 Å². The Kier molecular flexibility index (Phi) is 3.47. The van der Waals surface area contributed by atoms with Crippen molar-refractivity contribution in [3.8, 4) is 6.07 Å².